The SMILES string of the molecule is CC(C)CC(NC1CCC(C)(C)C1)c1ccccc1. The Kier molecular flexibility index (Phi) is 4.67. The molecule has 1 aromatic carbocycles. The Morgan fingerprint density at radius 3 is 2.42 bits per heavy atom. The minimum absolute atomic E-state index is 0.514. The molecule has 106 valence electrons. The van der Waals surface area contributed by atoms with Gasteiger partial charge < -0.3 is 5.32 Å². The van der Waals surface area contributed by atoms with Gasteiger partial charge in [-0.1, -0.05) is 58.0 Å². The first-order valence-corrected chi connectivity index (χ1v) is 7.77. The molecule has 0 aromatic heterocycles. The Bertz CT molecular complexity index is 380. The molecule has 0 saturated heterocycles. The monoisotopic (exact) mass is 259 g/mol. The van der Waals surface area contributed by atoms with Gasteiger partial charge in [0.15, 0.2) is 0 Å². The molecule has 0 spiro atoms. The van der Waals surface area contributed by atoms with E-state index in [1.54, 1.807) is 0 Å². The van der Waals surface area contributed by atoms with Crippen molar-refractivity contribution in [2.75, 3.05) is 0 Å². The second-order valence-corrected chi connectivity index (χ2v) is 7.36. The molecule has 2 atom stereocenters. The first kappa shape index (κ1) is 14.6. The Labute approximate surface area is 118 Å². The molecule has 1 fully saturated rings. The van der Waals surface area contributed by atoms with Gasteiger partial charge in [0.25, 0.3) is 0 Å². The molecular formula is C18H29N. The maximum Gasteiger partial charge on any atom is 0.0325 e. The van der Waals surface area contributed by atoms with Crippen LogP contribution >= 0.6 is 0 Å². The molecule has 0 radical (unpaired) electrons. The van der Waals surface area contributed by atoms with E-state index in [0.29, 0.717) is 17.5 Å². The minimum atomic E-state index is 0.514. The standard InChI is InChI=1S/C18H29N/c1-14(2)12-17(15-8-6-5-7-9-15)19-16-10-11-18(3,4)13-16/h5-9,14,16-17,19H,10-13H2,1-4H3. The molecule has 1 aromatic rings. The van der Waals surface area contributed by atoms with E-state index in [-0.39, 0.29) is 0 Å². The van der Waals surface area contributed by atoms with Crippen molar-refractivity contribution in [1.82, 2.24) is 5.32 Å². The van der Waals surface area contributed by atoms with E-state index in [1.165, 1.54) is 31.2 Å². The molecular weight excluding hydrogens is 230 g/mol. The minimum Gasteiger partial charge on any atom is -0.307 e. The van der Waals surface area contributed by atoms with Crippen LogP contribution in [0.25, 0.3) is 0 Å². The van der Waals surface area contributed by atoms with Crippen molar-refractivity contribution >= 4 is 0 Å². The van der Waals surface area contributed by atoms with Gasteiger partial charge in [-0.3, -0.25) is 0 Å². The van der Waals surface area contributed by atoms with Crippen LogP contribution < -0.4 is 5.32 Å². The van der Waals surface area contributed by atoms with Crippen LogP contribution in [-0.2, 0) is 0 Å². The zero-order valence-electron chi connectivity index (χ0n) is 12.9. The third-order valence-corrected chi connectivity index (χ3v) is 4.31. The van der Waals surface area contributed by atoms with Crippen LogP contribution in [0.5, 0.6) is 0 Å². The van der Waals surface area contributed by atoms with E-state index < -0.39 is 0 Å². The van der Waals surface area contributed by atoms with E-state index in [4.69, 9.17) is 0 Å². The van der Waals surface area contributed by atoms with Crippen molar-refractivity contribution in [3.63, 3.8) is 0 Å². The lowest BCUT2D eigenvalue weighted by Crippen LogP contribution is -2.32. The summed E-state index contributed by atoms with van der Waals surface area (Å²) in [6.45, 7) is 9.43. The lowest BCUT2D eigenvalue weighted by atomic mass is 9.91. The Morgan fingerprint density at radius 2 is 1.89 bits per heavy atom. The molecule has 1 aliphatic rings. The molecule has 1 saturated carbocycles. The zero-order valence-corrected chi connectivity index (χ0v) is 12.9. The predicted molar refractivity (Wildman–Crippen MR) is 83.2 cm³/mol. The molecule has 0 aliphatic heterocycles. The van der Waals surface area contributed by atoms with Gasteiger partial charge >= 0.3 is 0 Å². The average molecular weight is 259 g/mol. The van der Waals surface area contributed by atoms with Gasteiger partial charge in [0, 0.05) is 12.1 Å². The summed E-state index contributed by atoms with van der Waals surface area (Å²) in [5.41, 5.74) is 1.97. The van der Waals surface area contributed by atoms with Gasteiger partial charge in [-0.05, 0) is 42.6 Å². The van der Waals surface area contributed by atoms with Crippen molar-refractivity contribution in [2.24, 2.45) is 11.3 Å². The van der Waals surface area contributed by atoms with Gasteiger partial charge in [-0.25, -0.2) is 0 Å². The number of benzene rings is 1. The van der Waals surface area contributed by atoms with Gasteiger partial charge in [-0.15, -0.1) is 0 Å². The summed E-state index contributed by atoms with van der Waals surface area (Å²) >= 11 is 0. The fourth-order valence-electron chi connectivity index (χ4n) is 3.32. The molecule has 19 heavy (non-hydrogen) atoms. The second kappa shape index (κ2) is 6.09. The van der Waals surface area contributed by atoms with E-state index in [0.717, 1.165) is 5.92 Å². The van der Waals surface area contributed by atoms with Crippen LogP contribution in [0.3, 0.4) is 0 Å². The first-order valence-electron chi connectivity index (χ1n) is 7.77. The topological polar surface area (TPSA) is 12.0 Å². The molecule has 0 bridgehead atoms. The van der Waals surface area contributed by atoms with Gasteiger partial charge in [0.1, 0.15) is 0 Å². The Morgan fingerprint density at radius 1 is 1.21 bits per heavy atom. The molecule has 1 N–H and O–H groups in total. The summed E-state index contributed by atoms with van der Waals surface area (Å²) in [5, 5.41) is 3.92. The van der Waals surface area contributed by atoms with Crippen LogP contribution in [0.4, 0.5) is 0 Å². The highest BCUT2D eigenvalue weighted by molar-refractivity contribution is 5.19. The number of hydrogen-bond acceptors (Lipinski definition) is 1. The highest BCUT2D eigenvalue weighted by Gasteiger charge is 2.32. The van der Waals surface area contributed by atoms with Crippen molar-refractivity contribution in [1.29, 1.82) is 0 Å². The molecule has 2 unspecified atom stereocenters. The number of hydrogen-bond donors (Lipinski definition) is 1. The quantitative estimate of drug-likeness (QED) is 0.789. The van der Waals surface area contributed by atoms with E-state index in [2.05, 4.69) is 63.3 Å². The largest absolute Gasteiger partial charge is 0.307 e. The van der Waals surface area contributed by atoms with Crippen molar-refractivity contribution in [3.8, 4) is 0 Å². The van der Waals surface area contributed by atoms with Crippen molar-refractivity contribution in [3.05, 3.63) is 35.9 Å². The second-order valence-electron chi connectivity index (χ2n) is 7.36. The Balaban J connectivity index is 2.03. The predicted octanol–water partition coefficient (Wildman–Crippen LogP) is 4.94. The summed E-state index contributed by atoms with van der Waals surface area (Å²) in [7, 11) is 0. The van der Waals surface area contributed by atoms with E-state index >= 15 is 0 Å². The normalized spacial score (nSPS) is 23.7. The highest BCUT2D eigenvalue weighted by atomic mass is 15.0. The van der Waals surface area contributed by atoms with Crippen LogP contribution in [0, 0.1) is 11.3 Å². The molecule has 2 rings (SSSR count). The summed E-state index contributed by atoms with van der Waals surface area (Å²) in [6, 6.07) is 12.2. The van der Waals surface area contributed by atoms with Gasteiger partial charge in [0.2, 0.25) is 0 Å². The average Bonchev–Trinajstić information content (AvgIpc) is 2.68. The van der Waals surface area contributed by atoms with Crippen LogP contribution in [0.15, 0.2) is 30.3 Å². The number of rotatable bonds is 5. The fraction of sp³-hybridized carbons (Fsp3) is 0.667. The summed E-state index contributed by atoms with van der Waals surface area (Å²) in [5.74, 6) is 0.729. The van der Waals surface area contributed by atoms with Crippen molar-refractivity contribution < 1.29 is 0 Å². The van der Waals surface area contributed by atoms with E-state index in [1.807, 2.05) is 0 Å². The molecule has 1 nitrogen and oxygen atoms in total. The third kappa shape index (κ3) is 4.35. The van der Waals surface area contributed by atoms with Gasteiger partial charge in [-0.2, -0.15) is 0 Å². The van der Waals surface area contributed by atoms with Crippen LogP contribution in [-0.4, -0.2) is 6.04 Å². The summed E-state index contributed by atoms with van der Waals surface area (Å²) in [4.78, 5) is 0. The van der Waals surface area contributed by atoms with E-state index in [9.17, 15) is 0 Å². The molecule has 0 amide bonds. The smallest absolute Gasteiger partial charge is 0.0325 e. The number of nitrogens with one attached hydrogen (secondary N) is 1. The maximum absolute atomic E-state index is 3.92. The third-order valence-electron chi connectivity index (χ3n) is 4.31. The fourth-order valence-corrected chi connectivity index (χ4v) is 3.32. The summed E-state index contributed by atoms with van der Waals surface area (Å²) in [6.07, 6.45) is 5.22. The molecule has 1 aliphatic carbocycles. The highest BCUT2D eigenvalue weighted by Crippen LogP contribution is 2.38. The molecule has 0 heterocycles. The zero-order chi connectivity index (χ0) is 13.9. The first-order chi connectivity index (χ1) is 8.96. The molecule has 1 heteroatoms. The van der Waals surface area contributed by atoms with Crippen molar-refractivity contribution in [2.45, 2.75) is 65.5 Å². The van der Waals surface area contributed by atoms with Crippen LogP contribution in [0.1, 0.15) is 65.0 Å². The van der Waals surface area contributed by atoms with Crippen LogP contribution in [0.2, 0.25) is 0 Å². The maximum atomic E-state index is 3.92. The lowest BCUT2D eigenvalue weighted by molar-refractivity contribution is 0.337. The van der Waals surface area contributed by atoms with Gasteiger partial charge in [0.05, 0.1) is 0 Å². The Hall–Kier alpha value is -0.820. The lowest BCUT2D eigenvalue weighted by Gasteiger charge is -2.26. The summed E-state index contributed by atoms with van der Waals surface area (Å²) < 4.78 is 0.